The lowest BCUT2D eigenvalue weighted by Gasteiger charge is -2.33. The molecule has 1 fully saturated rings. The molecule has 1 unspecified atom stereocenters. The summed E-state index contributed by atoms with van der Waals surface area (Å²) < 4.78 is 5.94. The first kappa shape index (κ1) is 20.7. The fraction of sp³-hybridized carbons (Fsp3) is 0.524. The lowest BCUT2D eigenvalue weighted by atomic mass is 10.1. The van der Waals surface area contributed by atoms with Crippen molar-refractivity contribution < 1.29 is 9.53 Å². The molecule has 4 rings (SSSR count). The van der Waals surface area contributed by atoms with E-state index in [1.54, 1.807) is 11.3 Å². The topological polar surface area (TPSA) is 83.0 Å². The zero-order valence-electron chi connectivity index (χ0n) is 17.7. The summed E-state index contributed by atoms with van der Waals surface area (Å²) in [5.74, 6) is 0.877. The number of thiazole rings is 1. The Labute approximate surface area is 181 Å². The smallest absolute Gasteiger partial charge is 0.224 e. The van der Waals surface area contributed by atoms with Crippen molar-refractivity contribution in [2.75, 3.05) is 38.1 Å². The van der Waals surface area contributed by atoms with Crippen molar-refractivity contribution >= 4 is 33.9 Å². The molecule has 0 bridgehead atoms. The van der Waals surface area contributed by atoms with Gasteiger partial charge in [-0.15, -0.1) is 11.3 Å². The van der Waals surface area contributed by atoms with E-state index >= 15 is 0 Å². The summed E-state index contributed by atoms with van der Waals surface area (Å²) in [4.78, 5) is 25.0. The van der Waals surface area contributed by atoms with Crippen LogP contribution in [-0.2, 0) is 9.53 Å². The third-order valence-electron chi connectivity index (χ3n) is 5.41. The van der Waals surface area contributed by atoms with Gasteiger partial charge in [-0.2, -0.15) is 5.10 Å². The fourth-order valence-electron chi connectivity index (χ4n) is 3.57. The number of anilines is 2. The number of morpholine rings is 1. The van der Waals surface area contributed by atoms with Crippen LogP contribution in [0.1, 0.15) is 42.1 Å². The number of aromatic nitrogens is 2. The second-order valence-electron chi connectivity index (χ2n) is 7.72. The minimum atomic E-state index is -0.226. The molecule has 1 saturated heterocycles. The van der Waals surface area contributed by atoms with E-state index in [-0.39, 0.29) is 12.0 Å². The summed E-state index contributed by atoms with van der Waals surface area (Å²) in [6, 6.07) is 5.82. The fourth-order valence-corrected chi connectivity index (χ4v) is 4.39. The first-order chi connectivity index (χ1) is 14.5. The molecular formula is C21H28N6O2S. The van der Waals surface area contributed by atoms with Gasteiger partial charge in [-0.25, -0.2) is 9.97 Å². The molecule has 2 aromatic heterocycles. The van der Waals surface area contributed by atoms with E-state index in [0.29, 0.717) is 32.7 Å². The van der Waals surface area contributed by atoms with E-state index in [9.17, 15) is 4.79 Å². The van der Waals surface area contributed by atoms with E-state index in [0.717, 1.165) is 41.0 Å². The van der Waals surface area contributed by atoms with Crippen LogP contribution in [0.2, 0.25) is 0 Å². The molecule has 0 radical (unpaired) electrons. The van der Waals surface area contributed by atoms with Crippen LogP contribution in [0.4, 0.5) is 10.9 Å². The number of carbonyl (C=O) groups is 1. The highest BCUT2D eigenvalue weighted by molar-refractivity contribution is 7.15. The molecule has 30 heavy (non-hydrogen) atoms. The van der Waals surface area contributed by atoms with Crippen LogP contribution in [0.15, 0.2) is 23.3 Å². The highest BCUT2D eigenvalue weighted by atomic mass is 32.1. The summed E-state index contributed by atoms with van der Waals surface area (Å²) in [5.41, 5.74) is 2.98. The first-order valence-corrected chi connectivity index (χ1v) is 11.2. The Balaban J connectivity index is 1.36. The maximum absolute atomic E-state index is 12.7. The standard InChI is InChI=1S/C21H28N6O2S/c1-14-7-9-27(25-14)10-8-20(28)26-11-12-29-18(13-26)17-5-4-6-19(23-17)24-21-22-15(2)16(3)30-21/h4-6,18H,7-13H2,1-3H3,(H,22,23,24). The third-order valence-corrected chi connectivity index (χ3v) is 6.40. The number of pyridine rings is 1. The molecule has 2 aliphatic rings. The number of hydrogen-bond donors (Lipinski definition) is 1. The molecule has 0 aliphatic carbocycles. The number of carbonyl (C=O) groups excluding carboxylic acids is 1. The molecule has 4 heterocycles. The number of ether oxygens (including phenoxy) is 1. The van der Waals surface area contributed by atoms with Crippen molar-refractivity contribution in [2.24, 2.45) is 5.10 Å². The highest BCUT2D eigenvalue weighted by Crippen LogP contribution is 2.26. The van der Waals surface area contributed by atoms with E-state index in [1.165, 1.54) is 4.88 Å². The van der Waals surface area contributed by atoms with Gasteiger partial charge in [-0.3, -0.25) is 9.80 Å². The molecule has 0 spiro atoms. The van der Waals surface area contributed by atoms with Crippen molar-refractivity contribution in [1.29, 1.82) is 0 Å². The maximum atomic E-state index is 12.7. The Morgan fingerprint density at radius 3 is 2.87 bits per heavy atom. The van der Waals surface area contributed by atoms with Crippen molar-refractivity contribution in [2.45, 2.75) is 39.7 Å². The number of aryl methyl sites for hydroxylation is 2. The van der Waals surface area contributed by atoms with E-state index < -0.39 is 0 Å². The predicted molar refractivity (Wildman–Crippen MR) is 118 cm³/mol. The molecule has 0 saturated carbocycles. The average Bonchev–Trinajstić information content (AvgIpc) is 3.30. The lowest BCUT2D eigenvalue weighted by molar-refractivity contribution is -0.139. The average molecular weight is 429 g/mol. The summed E-state index contributed by atoms with van der Waals surface area (Å²) in [6.07, 6.45) is 1.24. The molecule has 2 aromatic rings. The first-order valence-electron chi connectivity index (χ1n) is 10.3. The van der Waals surface area contributed by atoms with Crippen LogP contribution in [0.3, 0.4) is 0 Å². The Bertz CT molecular complexity index is 924. The van der Waals surface area contributed by atoms with Crippen LogP contribution in [0.25, 0.3) is 0 Å². The maximum Gasteiger partial charge on any atom is 0.224 e. The van der Waals surface area contributed by atoms with Gasteiger partial charge in [-0.05, 0) is 32.9 Å². The van der Waals surface area contributed by atoms with Crippen LogP contribution in [-0.4, -0.2) is 64.3 Å². The van der Waals surface area contributed by atoms with Gasteiger partial charge in [0.2, 0.25) is 5.91 Å². The minimum Gasteiger partial charge on any atom is -0.368 e. The normalized spacial score (nSPS) is 19.2. The molecule has 1 N–H and O–H groups in total. The van der Waals surface area contributed by atoms with Gasteiger partial charge >= 0.3 is 0 Å². The van der Waals surface area contributed by atoms with Gasteiger partial charge in [0.25, 0.3) is 0 Å². The van der Waals surface area contributed by atoms with Gasteiger partial charge in [0.1, 0.15) is 11.9 Å². The number of rotatable bonds is 6. The number of hydrogen-bond acceptors (Lipinski definition) is 8. The van der Waals surface area contributed by atoms with Gasteiger partial charge in [0.05, 0.1) is 24.5 Å². The Morgan fingerprint density at radius 2 is 2.13 bits per heavy atom. The highest BCUT2D eigenvalue weighted by Gasteiger charge is 2.27. The van der Waals surface area contributed by atoms with E-state index in [1.807, 2.05) is 42.0 Å². The predicted octanol–water partition coefficient (Wildman–Crippen LogP) is 3.27. The quantitative estimate of drug-likeness (QED) is 0.760. The molecule has 9 heteroatoms. The summed E-state index contributed by atoms with van der Waals surface area (Å²) in [5, 5.41) is 10.5. The van der Waals surface area contributed by atoms with Crippen LogP contribution < -0.4 is 5.32 Å². The van der Waals surface area contributed by atoms with Gasteiger partial charge < -0.3 is 15.0 Å². The third kappa shape index (κ3) is 4.96. The largest absolute Gasteiger partial charge is 0.368 e. The molecule has 0 aromatic carbocycles. The van der Waals surface area contributed by atoms with Crippen LogP contribution in [0.5, 0.6) is 0 Å². The Kier molecular flexibility index (Phi) is 6.29. The van der Waals surface area contributed by atoms with Gasteiger partial charge in [-0.1, -0.05) is 6.07 Å². The van der Waals surface area contributed by atoms with Crippen molar-refractivity contribution in [3.63, 3.8) is 0 Å². The van der Waals surface area contributed by atoms with Crippen LogP contribution >= 0.6 is 11.3 Å². The van der Waals surface area contributed by atoms with E-state index in [2.05, 4.69) is 22.3 Å². The van der Waals surface area contributed by atoms with Crippen molar-refractivity contribution in [1.82, 2.24) is 19.9 Å². The van der Waals surface area contributed by atoms with Gasteiger partial charge in [0.15, 0.2) is 5.13 Å². The Morgan fingerprint density at radius 1 is 1.27 bits per heavy atom. The second kappa shape index (κ2) is 9.09. The van der Waals surface area contributed by atoms with E-state index in [4.69, 9.17) is 9.72 Å². The summed E-state index contributed by atoms with van der Waals surface area (Å²) >= 11 is 1.61. The molecule has 160 valence electrons. The second-order valence-corrected chi connectivity index (χ2v) is 8.92. The zero-order chi connectivity index (χ0) is 21.1. The zero-order valence-corrected chi connectivity index (χ0v) is 18.5. The van der Waals surface area contributed by atoms with Crippen LogP contribution in [0, 0.1) is 13.8 Å². The number of nitrogens with one attached hydrogen (secondary N) is 1. The number of nitrogens with zero attached hydrogens (tertiary/aromatic N) is 5. The number of hydrazone groups is 1. The lowest BCUT2D eigenvalue weighted by Crippen LogP contribution is -2.43. The summed E-state index contributed by atoms with van der Waals surface area (Å²) in [7, 11) is 0. The molecular weight excluding hydrogens is 400 g/mol. The van der Waals surface area contributed by atoms with Gasteiger partial charge in [0, 0.05) is 43.1 Å². The summed E-state index contributed by atoms with van der Waals surface area (Å²) in [6.45, 7) is 9.32. The number of amides is 1. The Hall–Kier alpha value is -2.52. The SMILES string of the molecule is CC1=NN(CCC(=O)N2CCOC(c3cccc(Nc4nc(C)c(C)s4)n3)C2)CC1. The minimum absolute atomic E-state index is 0.145. The van der Waals surface area contributed by atoms with Crippen molar-refractivity contribution in [3.8, 4) is 0 Å². The van der Waals surface area contributed by atoms with Crippen molar-refractivity contribution in [3.05, 3.63) is 34.5 Å². The molecule has 1 atom stereocenters. The molecule has 2 aliphatic heterocycles. The monoisotopic (exact) mass is 428 g/mol. The molecule has 8 nitrogen and oxygen atoms in total. The molecule has 1 amide bonds.